The molecule has 1 aromatic carbocycles. The standard InChI is InChI=1S/C6H6O2S.Na.2H2.H/c7-9(8)6-4-2-1-3-5-6;;;;/h1-5H,(H,7,8);;2*1H;/q;+1;;;-1. The summed E-state index contributed by atoms with van der Waals surface area (Å²) in [4.78, 5) is 0.442. The van der Waals surface area contributed by atoms with Gasteiger partial charge in [-0.15, -0.1) is 0 Å². The van der Waals surface area contributed by atoms with E-state index in [2.05, 4.69) is 0 Å². The molecular formula is C6H11NaO2S. The Hall–Kier alpha value is 0.330. The van der Waals surface area contributed by atoms with E-state index in [4.69, 9.17) is 4.55 Å². The van der Waals surface area contributed by atoms with Crippen molar-refractivity contribution >= 4 is 11.1 Å². The molecule has 2 nitrogen and oxygen atoms in total. The van der Waals surface area contributed by atoms with Crippen LogP contribution < -0.4 is 29.6 Å². The van der Waals surface area contributed by atoms with Crippen molar-refractivity contribution in [3.05, 3.63) is 30.3 Å². The van der Waals surface area contributed by atoms with Crippen LogP contribution in [0.4, 0.5) is 0 Å². The van der Waals surface area contributed by atoms with E-state index >= 15 is 0 Å². The third kappa shape index (κ3) is 2.94. The van der Waals surface area contributed by atoms with E-state index < -0.39 is 11.1 Å². The van der Waals surface area contributed by atoms with Crippen LogP contribution in [0.25, 0.3) is 0 Å². The van der Waals surface area contributed by atoms with Crippen LogP contribution in [0.3, 0.4) is 0 Å². The number of benzene rings is 1. The van der Waals surface area contributed by atoms with Crippen LogP contribution in [-0.2, 0) is 11.1 Å². The summed E-state index contributed by atoms with van der Waals surface area (Å²) in [6.45, 7) is 0. The zero-order chi connectivity index (χ0) is 6.69. The molecule has 0 fully saturated rings. The zero-order valence-corrected chi connectivity index (χ0v) is 8.47. The Morgan fingerprint density at radius 3 is 2.20 bits per heavy atom. The molecule has 10 heavy (non-hydrogen) atoms. The first-order valence-electron chi connectivity index (χ1n) is 2.46. The molecule has 0 aliphatic rings. The van der Waals surface area contributed by atoms with Crippen LogP contribution in [0.2, 0.25) is 0 Å². The minimum absolute atomic E-state index is 0. The molecule has 0 aromatic heterocycles. The summed E-state index contributed by atoms with van der Waals surface area (Å²) in [6.07, 6.45) is 0. The molecular weight excluding hydrogens is 159 g/mol. The summed E-state index contributed by atoms with van der Waals surface area (Å²) in [5.41, 5.74) is 0. The third-order valence-corrected chi connectivity index (χ3v) is 1.62. The molecule has 1 rings (SSSR count). The molecule has 0 saturated heterocycles. The van der Waals surface area contributed by atoms with Gasteiger partial charge in [0.05, 0.1) is 4.90 Å². The van der Waals surface area contributed by atoms with Crippen LogP contribution >= 0.6 is 0 Å². The molecule has 4 heteroatoms. The molecule has 0 radical (unpaired) electrons. The van der Waals surface area contributed by atoms with E-state index in [0.29, 0.717) is 4.90 Å². The van der Waals surface area contributed by atoms with E-state index in [-0.39, 0.29) is 33.8 Å². The van der Waals surface area contributed by atoms with Crippen molar-refractivity contribution in [2.75, 3.05) is 0 Å². The van der Waals surface area contributed by atoms with Gasteiger partial charge in [0.2, 0.25) is 0 Å². The van der Waals surface area contributed by atoms with Crippen molar-refractivity contribution in [2.24, 2.45) is 0 Å². The molecule has 0 spiro atoms. The molecule has 0 amide bonds. The Balaban J connectivity index is -0.000000101. The average molecular weight is 170 g/mol. The second-order valence-electron chi connectivity index (χ2n) is 1.56. The van der Waals surface area contributed by atoms with Gasteiger partial charge in [0.25, 0.3) is 0 Å². The van der Waals surface area contributed by atoms with E-state index in [0.717, 1.165) is 0 Å². The van der Waals surface area contributed by atoms with Crippen molar-refractivity contribution in [3.8, 4) is 0 Å². The Bertz CT molecular complexity index is 222. The van der Waals surface area contributed by atoms with E-state index in [9.17, 15) is 4.21 Å². The van der Waals surface area contributed by atoms with Gasteiger partial charge in [-0.1, -0.05) is 18.2 Å². The summed E-state index contributed by atoms with van der Waals surface area (Å²) in [7, 11) is 0. The second-order valence-corrected chi connectivity index (χ2v) is 2.53. The first-order valence-corrected chi connectivity index (χ1v) is 3.57. The molecule has 1 N–H and O–H groups in total. The quantitative estimate of drug-likeness (QED) is 0.428. The number of hydrogen-bond donors (Lipinski definition) is 1. The van der Waals surface area contributed by atoms with Gasteiger partial charge in [-0.3, -0.25) is 0 Å². The third-order valence-electron chi connectivity index (χ3n) is 0.945. The fourth-order valence-corrected chi connectivity index (χ4v) is 0.927. The summed E-state index contributed by atoms with van der Waals surface area (Å²) in [5.74, 6) is 0. The molecule has 0 heterocycles. The molecule has 0 bridgehead atoms. The van der Waals surface area contributed by atoms with Gasteiger partial charge in [0, 0.05) is 2.85 Å². The molecule has 1 atom stereocenters. The van der Waals surface area contributed by atoms with Crippen molar-refractivity contribution in [3.63, 3.8) is 0 Å². The average Bonchev–Trinajstić information content (AvgIpc) is 1.90. The number of hydrogen-bond acceptors (Lipinski definition) is 1. The minimum atomic E-state index is -1.83. The van der Waals surface area contributed by atoms with Crippen molar-refractivity contribution in [1.82, 2.24) is 0 Å². The maximum absolute atomic E-state index is 10.3. The predicted octanol–water partition coefficient (Wildman–Crippen LogP) is -1.12. The fourth-order valence-electron chi connectivity index (χ4n) is 0.537. The normalized spacial score (nSPS) is 11.7. The largest absolute Gasteiger partial charge is 1.00 e. The number of rotatable bonds is 1. The van der Waals surface area contributed by atoms with E-state index in [1.54, 1.807) is 30.3 Å². The maximum Gasteiger partial charge on any atom is 1.00 e. The SMILES string of the molecule is O=S(O)c1ccccc1.[H-].[HH].[HH].[Na+]. The second kappa shape index (κ2) is 5.04. The van der Waals surface area contributed by atoms with Crippen LogP contribution in [-0.4, -0.2) is 8.76 Å². The van der Waals surface area contributed by atoms with Gasteiger partial charge in [-0.25, -0.2) is 4.21 Å². The minimum Gasteiger partial charge on any atom is -1.00 e. The van der Waals surface area contributed by atoms with Gasteiger partial charge in [-0.05, 0) is 12.1 Å². The molecule has 0 aliphatic carbocycles. The van der Waals surface area contributed by atoms with E-state index in [1.807, 2.05) is 0 Å². The molecule has 1 aromatic rings. The maximum atomic E-state index is 10.3. The summed E-state index contributed by atoms with van der Waals surface area (Å²) >= 11 is -1.83. The Kier molecular flexibility index (Phi) is 5.21. The first-order chi connectivity index (χ1) is 4.30. The van der Waals surface area contributed by atoms with Crippen molar-refractivity contribution < 1.29 is 42.6 Å². The smallest absolute Gasteiger partial charge is 1.00 e. The van der Waals surface area contributed by atoms with E-state index in [1.165, 1.54) is 0 Å². The molecule has 54 valence electrons. The Labute approximate surface area is 88.7 Å². The van der Waals surface area contributed by atoms with Gasteiger partial charge in [0.15, 0.2) is 11.1 Å². The monoisotopic (exact) mass is 170 g/mol. The van der Waals surface area contributed by atoms with Crippen LogP contribution in [0.1, 0.15) is 4.28 Å². The topological polar surface area (TPSA) is 37.3 Å². The Morgan fingerprint density at radius 2 is 1.90 bits per heavy atom. The fraction of sp³-hybridized carbons (Fsp3) is 0. The van der Waals surface area contributed by atoms with Crippen LogP contribution in [0.15, 0.2) is 35.2 Å². The van der Waals surface area contributed by atoms with Crippen molar-refractivity contribution in [1.29, 1.82) is 0 Å². The van der Waals surface area contributed by atoms with Gasteiger partial charge >= 0.3 is 29.6 Å². The van der Waals surface area contributed by atoms with Gasteiger partial charge < -0.3 is 5.98 Å². The molecule has 0 saturated carbocycles. The first kappa shape index (κ1) is 10.3. The summed E-state index contributed by atoms with van der Waals surface area (Å²) in [6, 6.07) is 8.47. The van der Waals surface area contributed by atoms with Crippen molar-refractivity contribution in [2.45, 2.75) is 4.90 Å². The molecule has 1 unspecified atom stereocenters. The van der Waals surface area contributed by atoms with Gasteiger partial charge in [0.1, 0.15) is 0 Å². The van der Waals surface area contributed by atoms with Gasteiger partial charge in [-0.2, -0.15) is 0 Å². The van der Waals surface area contributed by atoms with Crippen LogP contribution in [0, 0.1) is 0 Å². The predicted molar refractivity (Wildman–Crippen MR) is 40.8 cm³/mol. The summed E-state index contributed by atoms with van der Waals surface area (Å²) < 4.78 is 18.8. The molecule has 0 aliphatic heterocycles. The van der Waals surface area contributed by atoms with Crippen LogP contribution in [0.5, 0.6) is 0 Å². The summed E-state index contributed by atoms with van der Waals surface area (Å²) in [5, 5.41) is 0. The zero-order valence-electron chi connectivity index (χ0n) is 6.65. The Morgan fingerprint density at radius 1 is 1.40 bits per heavy atom.